The van der Waals surface area contributed by atoms with Gasteiger partial charge >= 0.3 is 0 Å². The number of hydrogen-bond donors (Lipinski definition) is 4. The van der Waals surface area contributed by atoms with Crippen molar-refractivity contribution in [3.63, 3.8) is 0 Å². The van der Waals surface area contributed by atoms with Crippen LogP contribution in [-0.4, -0.2) is 71.1 Å². The first-order valence-electron chi connectivity index (χ1n) is 15.7. The Hall–Kier alpha value is -2.45. The van der Waals surface area contributed by atoms with E-state index in [-0.39, 0.29) is 41.8 Å². The lowest BCUT2D eigenvalue weighted by Crippen LogP contribution is -2.60. The summed E-state index contributed by atoms with van der Waals surface area (Å²) in [6.45, 7) is 12.6. The number of piperidine rings is 1. The molecule has 8 nitrogen and oxygen atoms in total. The summed E-state index contributed by atoms with van der Waals surface area (Å²) >= 11 is 0. The standard InChI is InChI=1S/C33H54N4O4/c1-6-7-8-13-23(2)18-27(35-30(39)20-34-31(40)24-14-9-10-15-24)29(38)22-37-21-26-17-12-11-16-25(26)19-28(37)32(41)36-33(3,4)5/h6-8,13,24-29,38H,1,9-12,14-22H2,2-5H3,(H,34,40)(H,35,39)(H,36,41)/b8-7-,23-13+. The number of fused-ring (bicyclic) bond motifs is 1. The second kappa shape index (κ2) is 15.7. The number of nitrogens with one attached hydrogen (secondary N) is 3. The van der Waals surface area contributed by atoms with Crippen molar-refractivity contribution in [1.29, 1.82) is 0 Å². The van der Waals surface area contributed by atoms with Gasteiger partial charge < -0.3 is 21.1 Å². The van der Waals surface area contributed by atoms with Crippen LogP contribution in [0.3, 0.4) is 0 Å². The molecule has 1 aliphatic heterocycles. The summed E-state index contributed by atoms with van der Waals surface area (Å²) in [5, 5.41) is 20.5. The molecule has 5 unspecified atom stereocenters. The topological polar surface area (TPSA) is 111 Å². The summed E-state index contributed by atoms with van der Waals surface area (Å²) in [6.07, 6.45) is 16.3. The Labute approximate surface area is 247 Å². The molecule has 3 fully saturated rings. The average Bonchev–Trinajstić information content (AvgIpc) is 3.45. The Kier molecular flexibility index (Phi) is 12.6. The van der Waals surface area contributed by atoms with E-state index < -0.39 is 12.1 Å². The molecule has 8 heteroatoms. The number of carbonyl (C=O) groups excluding carboxylic acids is 3. The smallest absolute Gasteiger partial charge is 0.239 e. The van der Waals surface area contributed by atoms with Crippen LogP contribution in [-0.2, 0) is 14.4 Å². The summed E-state index contributed by atoms with van der Waals surface area (Å²) in [5.41, 5.74) is 0.654. The molecule has 4 N–H and O–H groups in total. The van der Waals surface area contributed by atoms with Gasteiger partial charge in [-0.25, -0.2) is 0 Å². The molecule has 0 bridgehead atoms. The van der Waals surface area contributed by atoms with E-state index in [0.29, 0.717) is 24.8 Å². The molecule has 2 aliphatic carbocycles. The minimum Gasteiger partial charge on any atom is -0.390 e. The number of carbonyl (C=O) groups is 3. The molecule has 1 saturated heterocycles. The van der Waals surface area contributed by atoms with Crippen molar-refractivity contribution in [2.24, 2.45) is 17.8 Å². The highest BCUT2D eigenvalue weighted by atomic mass is 16.3. The highest BCUT2D eigenvalue weighted by molar-refractivity contribution is 5.86. The predicted molar refractivity (Wildman–Crippen MR) is 164 cm³/mol. The van der Waals surface area contributed by atoms with E-state index in [4.69, 9.17) is 0 Å². The zero-order valence-electron chi connectivity index (χ0n) is 25.8. The third-order valence-corrected chi connectivity index (χ3v) is 8.85. The zero-order chi connectivity index (χ0) is 30.0. The molecule has 0 spiro atoms. The minimum absolute atomic E-state index is 0.00886. The number of hydrogen-bond acceptors (Lipinski definition) is 5. The molecule has 0 aromatic heterocycles. The second-order valence-corrected chi connectivity index (χ2v) is 13.5. The molecule has 1 heterocycles. The van der Waals surface area contributed by atoms with Crippen LogP contribution in [0.4, 0.5) is 0 Å². The number of rotatable bonds is 12. The maximum atomic E-state index is 13.4. The van der Waals surface area contributed by atoms with E-state index in [1.54, 1.807) is 6.08 Å². The van der Waals surface area contributed by atoms with Gasteiger partial charge in [0, 0.05) is 24.5 Å². The van der Waals surface area contributed by atoms with Crippen LogP contribution in [0.25, 0.3) is 0 Å². The molecule has 3 amide bonds. The van der Waals surface area contributed by atoms with Crippen LogP contribution >= 0.6 is 0 Å². The highest BCUT2D eigenvalue weighted by Crippen LogP contribution is 2.39. The van der Waals surface area contributed by atoms with E-state index in [2.05, 4.69) is 27.4 Å². The van der Waals surface area contributed by atoms with Crippen LogP contribution in [0.15, 0.2) is 36.5 Å². The second-order valence-electron chi connectivity index (χ2n) is 13.5. The molecule has 3 rings (SSSR count). The lowest BCUT2D eigenvalue weighted by Gasteiger charge is -2.47. The van der Waals surface area contributed by atoms with Crippen LogP contribution in [0.2, 0.25) is 0 Å². The van der Waals surface area contributed by atoms with Gasteiger partial charge in [0.05, 0.1) is 24.7 Å². The first-order valence-corrected chi connectivity index (χ1v) is 15.7. The van der Waals surface area contributed by atoms with Crippen molar-refractivity contribution < 1.29 is 19.5 Å². The lowest BCUT2D eigenvalue weighted by molar-refractivity contribution is -0.133. The molecule has 0 aromatic rings. The fourth-order valence-corrected chi connectivity index (χ4v) is 6.75. The van der Waals surface area contributed by atoms with Gasteiger partial charge in [-0.3, -0.25) is 19.3 Å². The number of β-amino-alcohol motifs (C(OH)–C–C–N with tert-alkyl or cyclic N) is 1. The largest absolute Gasteiger partial charge is 0.390 e. The van der Waals surface area contributed by atoms with Crippen LogP contribution in [0, 0.1) is 17.8 Å². The first kappa shape index (κ1) is 33.1. The Morgan fingerprint density at radius 3 is 2.32 bits per heavy atom. The molecule has 41 heavy (non-hydrogen) atoms. The van der Waals surface area contributed by atoms with Crippen molar-refractivity contribution in [3.05, 3.63) is 36.5 Å². The lowest BCUT2D eigenvalue weighted by atomic mass is 9.72. The Bertz CT molecular complexity index is 963. The molecule has 5 atom stereocenters. The van der Waals surface area contributed by atoms with Gasteiger partial charge in [0.2, 0.25) is 17.7 Å². The predicted octanol–water partition coefficient (Wildman–Crippen LogP) is 4.01. The van der Waals surface area contributed by atoms with Gasteiger partial charge in [-0.1, -0.05) is 68.6 Å². The molecule has 0 radical (unpaired) electrons. The van der Waals surface area contributed by atoms with Crippen LogP contribution in [0.1, 0.15) is 91.9 Å². The van der Waals surface area contributed by atoms with Gasteiger partial charge in [0.15, 0.2) is 0 Å². The fraction of sp³-hybridized carbons (Fsp3) is 0.727. The average molecular weight is 571 g/mol. The SMILES string of the molecule is C=C/C=C\C=C(/C)CC(NC(=O)CNC(=O)C1CCCC1)C(O)CN1CC2CCCCC2CC1C(=O)NC(C)(C)C. The Balaban J connectivity index is 1.72. The number of nitrogens with zero attached hydrogens (tertiary/aromatic N) is 1. The molecule has 2 saturated carbocycles. The van der Waals surface area contributed by atoms with E-state index in [9.17, 15) is 19.5 Å². The molecule has 230 valence electrons. The number of likely N-dealkylation sites (tertiary alicyclic amines) is 1. The minimum atomic E-state index is -0.888. The van der Waals surface area contributed by atoms with Crippen LogP contribution < -0.4 is 16.0 Å². The van der Waals surface area contributed by atoms with E-state index in [1.807, 2.05) is 45.9 Å². The molecular weight excluding hydrogens is 516 g/mol. The Morgan fingerprint density at radius 1 is 1.00 bits per heavy atom. The maximum absolute atomic E-state index is 13.4. The first-order chi connectivity index (χ1) is 19.5. The zero-order valence-corrected chi connectivity index (χ0v) is 25.8. The third kappa shape index (κ3) is 10.7. The van der Waals surface area contributed by atoms with E-state index in [1.165, 1.54) is 12.8 Å². The maximum Gasteiger partial charge on any atom is 0.239 e. The van der Waals surface area contributed by atoms with E-state index >= 15 is 0 Å². The summed E-state index contributed by atoms with van der Waals surface area (Å²) in [5.74, 6) is 0.679. The number of amides is 3. The van der Waals surface area contributed by atoms with Crippen molar-refractivity contribution >= 4 is 17.7 Å². The summed E-state index contributed by atoms with van der Waals surface area (Å²) in [4.78, 5) is 41.0. The van der Waals surface area contributed by atoms with Gasteiger partial charge in [0.25, 0.3) is 0 Å². The molecule has 0 aromatic carbocycles. The fourth-order valence-electron chi connectivity index (χ4n) is 6.75. The number of allylic oxidation sites excluding steroid dienone is 4. The van der Waals surface area contributed by atoms with E-state index in [0.717, 1.165) is 57.1 Å². The van der Waals surface area contributed by atoms with Crippen molar-refractivity contribution in [2.45, 2.75) is 116 Å². The van der Waals surface area contributed by atoms with Crippen molar-refractivity contribution in [2.75, 3.05) is 19.6 Å². The van der Waals surface area contributed by atoms with Gasteiger partial charge in [0.1, 0.15) is 0 Å². The number of aliphatic hydroxyl groups excluding tert-OH is 1. The monoisotopic (exact) mass is 570 g/mol. The van der Waals surface area contributed by atoms with Gasteiger partial charge in [-0.2, -0.15) is 0 Å². The van der Waals surface area contributed by atoms with Gasteiger partial charge in [-0.05, 0) is 71.6 Å². The summed E-state index contributed by atoms with van der Waals surface area (Å²) in [7, 11) is 0. The Morgan fingerprint density at radius 2 is 1.66 bits per heavy atom. The normalized spacial score (nSPS) is 25.8. The number of aliphatic hydroxyl groups is 1. The highest BCUT2D eigenvalue weighted by Gasteiger charge is 2.41. The third-order valence-electron chi connectivity index (χ3n) is 8.85. The summed E-state index contributed by atoms with van der Waals surface area (Å²) in [6, 6.07) is -0.868. The summed E-state index contributed by atoms with van der Waals surface area (Å²) < 4.78 is 0. The quantitative estimate of drug-likeness (QED) is 0.265. The van der Waals surface area contributed by atoms with Crippen LogP contribution in [0.5, 0.6) is 0 Å². The van der Waals surface area contributed by atoms with Crippen molar-refractivity contribution in [3.8, 4) is 0 Å². The van der Waals surface area contributed by atoms with Crippen molar-refractivity contribution in [1.82, 2.24) is 20.9 Å². The van der Waals surface area contributed by atoms with Gasteiger partial charge in [-0.15, -0.1) is 0 Å². The molecule has 3 aliphatic rings. The molecular formula is C33H54N4O4.